The van der Waals surface area contributed by atoms with Crippen molar-refractivity contribution in [2.75, 3.05) is 0 Å². The van der Waals surface area contributed by atoms with Crippen molar-refractivity contribution in [3.05, 3.63) is 71.9 Å². The molecule has 2 aromatic carbocycles. The summed E-state index contributed by atoms with van der Waals surface area (Å²) in [6.07, 6.45) is 1.55. The average Bonchev–Trinajstić information content (AvgIpc) is 3.30. The normalized spacial score (nSPS) is 11.0. The summed E-state index contributed by atoms with van der Waals surface area (Å²) in [7, 11) is 0. The van der Waals surface area contributed by atoms with E-state index in [1.807, 2.05) is 31.2 Å². The van der Waals surface area contributed by atoms with Crippen molar-refractivity contribution in [2.45, 2.75) is 17.9 Å². The van der Waals surface area contributed by atoms with E-state index >= 15 is 0 Å². The molecule has 0 fully saturated rings. The van der Waals surface area contributed by atoms with E-state index in [0.29, 0.717) is 34.0 Å². The number of hydrogen-bond donors (Lipinski definition) is 0. The molecule has 0 aliphatic heterocycles. The van der Waals surface area contributed by atoms with E-state index in [2.05, 4.69) is 15.2 Å². The molecule has 2 aromatic heterocycles. The minimum Gasteiger partial charge on any atom is -0.444 e. The minimum absolute atomic E-state index is 0.328. The van der Waals surface area contributed by atoms with Crippen molar-refractivity contribution >= 4 is 11.8 Å². The number of halogens is 1. The Morgan fingerprint density at radius 2 is 1.92 bits per heavy atom. The second kappa shape index (κ2) is 7.13. The Hall–Kier alpha value is -2.93. The number of rotatable bonds is 5. The van der Waals surface area contributed by atoms with Crippen molar-refractivity contribution in [3.63, 3.8) is 0 Å². The second-order valence-electron chi connectivity index (χ2n) is 5.63. The van der Waals surface area contributed by atoms with E-state index < -0.39 is 0 Å². The zero-order valence-corrected chi connectivity index (χ0v) is 14.7. The summed E-state index contributed by atoms with van der Waals surface area (Å²) in [6, 6.07) is 14.0. The van der Waals surface area contributed by atoms with Crippen LogP contribution < -0.4 is 0 Å². The molecule has 0 spiro atoms. The van der Waals surface area contributed by atoms with Crippen molar-refractivity contribution < 1.29 is 13.2 Å². The van der Waals surface area contributed by atoms with E-state index in [9.17, 15) is 4.39 Å². The molecule has 7 heteroatoms. The number of aromatic nitrogens is 3. The Bertz CT molecular complexity index is 1040. The first-order chi connectivity index (χ1) is 12.7. The Morgan fingerprint density at radius 1 is 1.04 bits per heavy atom. The van der Waals surface area contributed by atoms with Crippen LogP contribution in [0.25, 0.3) is 22.9 Å². The van der Waals surface area contributed by atoms with Crippen LogP contribution in [0.3, 0.4) is 0 Å². The van der Waals surface area contributed by atoms with Gasteiger partial charge in [0.05, 0.1) is 5.69 Å². The van der Waals surface area contributed by atoms with Crippen LogP contribution in [-0.2, 0) is 5.75 Å². The molecule has 0 aliphatic rings. The smallest absolute Gasteiger partial charge is 0.277 e. The number of nitrogens with zero attached hydrogens (tertiary/aromatic N) is 3. The topological polar surface area (TPSA) is 65.0 Å². The lowest BCUT2D eigenvalue weighted by molar-refractivity contribution is 0.465. The van der Waals surface area contributed by atoms with Gasteiger partial charge >= 0.3 is 0 Å². The predicted octanol–water partition coefficient (Wildman–Crippen LogP) is 5.13. The molecule has 0 saturated heterocycles. The fourth-order valence-corrected chi connectivity index (χ4v) is 3.09. The van der Waals surface area contributed by atoms with Crippen LogP contribution in [0.5, 0.6) is 0 Å². The number of benzene rings is 2. The van der Waals surface area contributed by atoms with Gasteiger partial charge in [-0.1, -0.05) is 36.0 Å². The predicted molar refractivity (Wildman–Crippen MR) is 95.9 cm³/mol. The summed E-state index contributed by atoms with van der Waals surface area (Å²) in [6.45, 7) is 2.00. The summed E-state index contributed by atoms with van der Waals surface area (Å²) in [5.41, 5.74) is 3.30. The lowest BCUT2D eigenvalue weighted by Gasteiger charge is -1.98. The second-order valence-corrected chi connectivity index (χ2v) is 6.56. The molecular weight excluding hydrogens is 353 g/mol. The van der Waals surface area contributed by atoms with Gasteiger partial charge in [0.2, 0.25) is 11.8 Å². The molecule has 0 saturated carbocycles. The third-order valence-electron chi connectivity index (χ3n) is 3.75. The van der Waals surface area contributed by atoms with Gasteiger partial charge in [-0.3, -0.25) is 0 Å². The molecule has 2 heterocycles. The molecule has 4 rings (SSSR count). The molecule has 0 unspecified atom stereocenters. The van der Waals surface area contributed by atoms with Crippen molar-refractivity contribution in [1.82, 2.24) is 15.2 Å². The summed E-state index contributed by atoms with van der Waals surface area (Å²) >= 11 is 1.37. The average molecular weight is 367 g/mol. The quantitative estimate of drug-likeness (QED) is 0.456. The van der Waals surface area contributed by atoms with Crippen LogP contribution in [-0.4, -0.2) is 15.2 Å². The Morgan fingerprint density at radius 3 is 2.77 bits per heavy atom. The number of hydrogen-bond acceptors (Lipinski definition) is 6. The van der Waals surface area contributed by atoms with Gasteiger partial charge in [-0.2, -0.15) is 0 Å². The standard InChI is InChI=1S/C19H14FN3O2S/c1-12-5-2-3-8-16(12)18-22-23-19(25-18)26-11-15-10-24-17(21-15)13-6-4-7-14(20)9-13/h2-10H,11H2,1H3. The summed E-state index contributed by atoms with van der Waals surface area (Å²) in [5.74, 6) is 1.05. The summed E-state index contributed by atoms with van der Waals surface area (Å²) in [4.78, 5) is 4.37. The molecule has 130 valence electrons. The van der Waals surface area contributed by atoms with Crippen LogP contribution >= 0.6 is 11.8 Å². The molecule has 26 heavy (non-hydrogen) atoms. The van der Waals surface area contributed by atoms with Gasteiger partial charge in [0.1, 0.15) is 12.1 Å². The van der Waals surface area contributed by atoms with Gasteiger partial charge in [0, 0.05) is 16.9 Å². The van der Waals surface area contributed by atoms with Gasteiger partial charge in [-0.05, 0) is 36.8 Å². The largest absolute Gasteiger partial charge is 0.444 e. The van der Waals surface area contributed by atoms with Gasteiger partial charge in [0.15, 0.2) is 0 Å². The van der Waals surface area contributed by atoms with Gasteiger partial charge in [-0.25, -0.2) is 9.37 Å². The number of aryl methyl sites for hydroxylation is 1. The van der Waals surface area contributed by atoms with Crippen molar-refractivity contribution in [1.29, 1.82) is 0 Å². The lowest BCUT2D eigenvalue weighted by atomic mass is 10.1. The molecule has 0 aliphatic carbocycles. The maximum absolute atomic E-state index is 13.3. The third-order valence-corrected chi connectivity index (χ3v) is 4.60. The van der Waals surface area contributed by atoms with Crippen LogP contribution in [0.4, 0.5) is 4.39 Å². The summed E-state index contributed by atoms with van der Waals surface area (Å²) in [5, 5.41) is 8.62. The maximum atomic E-state index is 13.3. The van der Waals surface area contributed by atoms with Gasteiger partial charge < -0.3 is 8.83 Å². The van der Waals surface area contributed by atoms with E-state index in [1.165, 1.54) is 23.9 Å². The van der Waals surface area contributed by atoms with Crippen molar-refractivity contribution in [3.8, 4) is 22.9 Å². The third kappa shape index (κ3) is 3.52. The zero-order valence-electron chi connectivity index (χ0n) is 13.8. The molecule has 5 nitrogen and oxygen atoms in total. The molecule has 4 aromatic rings. The highest BCUT2D eigenvalue weighted by molar-refractivity contribution is 7.98. The van der Waals surface area contributed by atoms with E-state index in [4.69, 9.17) is 8.83 Å². The molecule has 0 radical (unpaired) electrons. The van der Waals surface area contributed by atoms with Gasteiger partial charge in [0.25, 0.3) is 5.22 Å². The first-order valence-electron chi connectivity index (χ1n) is 7.92. The van der Waals surface area contributed by atoms with Crippen LogP contribution in [0.1, 0.15) is 11.3 Å². The van der Waals surface area contributed by atoms with E-state index in [0.717, 1.165) is 11.1 Å². The molecule has 0 N–H and O–H groups in total. The summed E-state index contributed by atoms with van der Waals surface area (Å²) < 4.78 is 24.4. The Labute approximate surface area is 153 Å². The van der Waals surface area contributed by atoms with Crippen LogP contribution in [0.15, 0.2) is 68.9 Å². The van der Waals surface area contributed by atoms with Crippen LogP contribution in [0.2, 0.25) is 0 Å². The van der Waals surface area contributed by atoms with Gasteiger partial charge in [-0.15, -0.1) is 10.2 Å². The van der Waals surface area contributed by atoms with E-state index in [-0.39, 0.29) is 5.82 Å². The maximum Gasteiger partial charge on any atom is 0.277 e. The minimum atomic E-state index is -0.328. The first-order valence-corrected chi connectivity index (χ1v) is 8.90. The highest BCUT2D eigenvalue weighted by Gasteiger charge is 2.13. The highest BCUT2D eigenvalue weighted by atomic mass is 32.2. The Kier molecular flexibility index (Phi) is 4.53. The lowest BCUT2D eigenvalue weighted by Crippen LogP contribution is -1.83. The van der Waals surface area contributed by atoms with Crippen LogP contribution in [0, 0.1) is 12.7 Å². The fourth-order valence-electron chi connectivity index (χ4n) is 2.45. The fraction of sp³-hybridized carbons (Fsp3) is 0.105. The highest BCUT2D eigenvalue weighted by Crippen LogP contribution is 2.28. The Balaban J connectivity index is 1.45. The number of oxazole rings is 1. The first kappa shape index (κ1) is 16.5. The van der Waals surface area contributed by atoms with Crippen molar-refractivity contribution in [2.24, 2.45) is 0 Å². The zero-order chi connectivity index (χ0) is 17.9. The number of thioether (sulfide) groups is 1. The molecule has 0 atom stereocenters. The molecular formula is C19H14FN3O2S. The van der Waals surface area contributed by atoms with E-state index in [1.54, 1.807) is 18.4 Å². The monoisotopic (exact) mass is 367 g/mol. The molecule has 0 amide bonds. The molecule has 0 bridgehead atoms. The SMILES string of the molecule is Cc1ccccc1-c1nnc(SCc2coc(-c3cccc(F)c3)n2)o1.